The van der Waals surface area contributed by atoms with Gasteiger partial charge in [-0.2, -0.15) is 0 Å². The minimum Gasteiger partial charge on any atom is -0.265 e. The van der Waals surface area contributed by atoms with Crippen LogP contribution in [0.3, 0.4) is 0 Å². The highest BCUT2D eigenvalue weighted by Crippen LogP contribution is 2.50. The molecular weight excluding hydrogens is 314 g/mol. The van der Waals surface area contributed by atoms with Gasteiger partial charge in [-0.25, -0.2) is 5.06 Å². The van der Waals surface area contributed by atoms with Crippen molar-refractivity contribution in [2.24, 2.45) is 5.41 Å². The van der Waals surface area contributed by atoms with Crippen molar-refractivity contribution < 1.29 is 4.84 Å². The third-order valence-electron chi connectivity index (χ3n) is 4.81. The molecule has 0 amide bonds. The predicted octanol–water partition coefficient (Wildman–Crippen LogP) is 5.19. The number of rotatable bonds is 2. The Bertz CT molecular complexity index is 723. The Morgan fingerprint density at radius 3 is 2.95 bits per heavy atom. The quantitative estimate of drug-likeness (QED) is 0.751. The molecule has 0 aliphatic carbocycles. The van der Waals surface area contributed by atoms with E-state index in [4.69, 9.17) is 16.4 Å². The minimum absolute atomic E-state index is 0.0378. The summed E-state index contributed by atoms with van der Waals surface area (Å²) in [4.78, 5) is 7.53. The van der Waals surface area contributed by atoms with Crippen LogP contribution in [0.2, 0.25) is 5.02 Å². The van der Waals surface area contributed by atoms with E-state index in [1.54, 1.807) is 11.3 Å². The van der Waals surface area contributed by atoms with Crippen molar-refractivity contribution in [3.05, 3.63) is 57.3 Å². The Morgan fingerprint density at radius 2 is 2.18 bits per heavy atom. The summed E-state index contributed by atoms with van der Waals surface area (Å²) in [6, 6.07) is 10.6. The van der Waals surface area contributed by atoms with Crippen LogP contribution in [-0.2, 0) is 11.3 Å². The molecule has 1 fully saturated rings. The summed E-state index contributed by atoms with van der Waals surface area (Å²) < 4.78 is 0. The fourth-order valence-electron chi connectivity index (χ4n) is 3.39. The van der Waals surface area contributed by atoms with E-state index >= 15 is 0 Å². The van der Waals surface area contributed by atoms with Crippen molar-refractivity contribution >= 4 is 34.7 Å². The fourth-order valence-corrected chi connectivity index (χ4v) is 4.27. The first-order valence-corrected chi connectivity index (χ1v) is 8.78. The smallest absolute Gasteiger partial charge is 0.111 e. The normalized spacial score (nSPS) is 25.7. The first kappa shape index (κ1) is 14.3. The van der Waals surface area contributed by atoms with Gasteiger partial charge in [0.1, 0.15) is 6.10 Å². The molecule has 1 aromatic carbocycles. The summed E-state index contributed by atoms with van der Waals surface area (Å²) in [6.45, 7) is 4.56. The molecule has 1 saturated heterocycles. The molecule has 2 aliphatic heterocycles. The van der Waals surface area contributed by atoms with Crippen LogP contribution in [0.1, 0.15) is 24.3 Å². The van der Waals surface area contributed by atoms with Gasteiger partial charge >= 0.3 is 0 Å². The highest BCUT2D eigenvalue weighted by atomic mass is 35.5. The number of anilines is 1. The zero-order valence-electron chi connectivity index (χ0n) is 12.6. The second kappa shape index (κ2) is 5.12. The molecule has 4 rings (SSSR count). The molecule has 0 radical (unpaired) electrons. The van der Waals surface area contributed by atoms with Gasteiger partial charge in [-0.15, -0.1) is 11.3 Å². The first-order valence-electron chi connectivity index (χ1n) is 7.52. The molecule has 0 N–H and O–H groups in total. The number of benzene rings is 1. The number of nitrogens with zero attached hydrogens (tertiary/aromatic N) is 1. The zero-order chi connectivity index (χ0) is 15.3. The number of hydroxylamine groups is 1. The lowest BCUT2D eigenvalue weighted by atomic mass is 9.78. The van der Waals surface area contributed by atoms with E-state index < -0.39 is 0 Å². The summed E-state index contributed by atoms with van der Waals surface area (Å²) in [5, 5.41) is 5.01. The SMILES string of the molecule is CC1(C)C(C=Cc2cccs2)ON2c3cccc(Cl)c3CC21. The van der Waals surface area contributed by atoms with E-state index in [1.165, 1.54) is 10.4 Å². The molecular formula is C18H18ClNOS. The van der Waals surface area contributed by atoms with Crippen LogP contribution < -0.4 is 5.06 Å². The fraction of sp³-hybridized carbons (Fsp3) is 0.333. The Balaban J connectivity index is 1.64. The number of hydrogen-bond donors (Lipinski definition) is 0. The molecule has 0 spiro atoms. The van der Waals surface area contributed by atoms with Crippen molar-refractivity contribution in [2.45, 2.75) is 32.4 Å². The molecule has 0 saturated carbocycles. The maximum atomic E-state index is 6.34. The molecule has 0 bridgehead atoms. The summed E-state index contributed by atoms with van der Waals surface area (Å²) in [5.74, 6) is 0. The molecule has 1 aromatic heterocycles. The van der Waals surface area contributed by atoms with Crippen LogP contribution in [0, 0.1) is 5.41 Å². The van der Waals surface area contributed by atoms with Crippen LogP contribution >= 0.6 is 22.9 Å². The Morgan fingerprint density at radius 1 is 1.32 bits per heavy atom. The van der Waals surface area contributed by atoms with Gasteiger partial charge in [-0.1, -0.05) is 43.7 Å². The van der Waals surface area contributed by atoms with Crippen LogP contribution in [0.5, 0.6) is 0 Å². The van der Waals surface area contributed by atoms with Crippen molar-refractivity contribution in [3.63, 3.8) is 0 Å². The van der Waals surface area contributed by atoms with Gasteiger partial charge in [0.2, 0.25) is 0 Å². The maximum absolute atomic E-state index is 6.34. The zero-order valence-corrected chi connectivity index (χ0v) is 14.2. The van der Waals surface area contributed by atoms with Gasteiger partial charge in [0.25, 0.3) is 0 Å². The highest BCUT2D eigenvalue weighted by Gasteiger charge is 2.52. The monoisotopic (exact) mass is 331 g/mol. The lowest BCUT2D eigenvalue weighted by Crippen LogP contribution is -2.36. The van der Waals surface area contributed by atoms with E-state index in [0.717, 1.165) is 17.1 Å². The summed E-state index contributed by atoms with van der Waals surface area (Å²) in [6.07, 6.45) is 5.38. The Labute approximate surface area is 139 Å². The Kier molecular flexibility index (Phi) is 3.33. The van der Waals surface area contributed by atoms with Gasteiger partial charge in [-0.3, -0.25) is 4.84 Å². The van der Waals surface area contributed by atoms with E-state index in [-0.39, 0.29) is 11.5 Å². The van der Waals surface area contributed by atoms with Gasteiger partial charge in [0.05, 0.1) is 11.7 Å². The second-order valence-corrected chi connectivity index (χ2v) is 7.89. The topological polar surface area (TPSA) is 12.5 Å². The average molecular weight is 332 g/mol. The van der Waals surface area contributed by atoms with E-state index in [0.29, 0.717) is 6.04 Å². The molecule has 3 heterocycles. The molecule has 114 valence electrons. The third-order valence-corrected chi connectivity index (χ3v) is 6.00. The standard InChI is InChI=1S/C18H18ClNOS/c1-18(2)16-11-13-14(19)6-3-7-15(13)20(16)21-17(18)9-8-12-5-4-10-22-12/h3-10,16-17H,11H2,1-2H3. The molecule has 2 unspecified atom stereocenters. The molecule has 22 heavy (non-hydrogen) atoms. The molecule has 2 aliphatic rings. The number of fused-ring (bicyclic) bond motifs is 3. The lowest BCUT2D eigenvalue weighted by molar-refractivity contribution is 0.0849. The summed E-state index contributed by atoms with van der Waals surface area (Å²) >= 11 is 8.09. The summed E-state index contributed by atoms with van der Waals surface area (Å²) in [7, 11) is 0. The van der Waals surface area contributed by atoms with Gasteiger partial charge in [0.15, 0.2) is 0 Å². The first-order chi connectivity index (χ1) is 10.6. The van der Waals surface area contributed by atoms with E-state index in [9.17, 15) is 0 Å². The Hall–Kier alpha value is -1.29. The molecule has 2 atom stereocenters. The van der Waals surface area contributed by atoms with Crippen LogP contribution in [0.4, 0.5) is 5.69 Å². The van der Waals surface area contributed by atoms with Crippen LogP contribution in [-0.4, -0.2) is 12.1 Å². The molecule has 2 nitrogen and oxygen atoms in total. The van der Waals surface area contributed by atoms with Crippen molar-refractivity contribution in [1.82, 2.24) is 0 Å². The number of thiophene rings is 1. The van der Waals surface area contributed by atoms with Crippen molar-refractivity contribution in [1.29, 1.82) is 0 Å². The van der Waals surface area contributed by atoms with Crippen LogP contribution in [0.25, 0.3) is 6.08 Å². The van der Waals surface area contributed by atoms with Gasteiger partial charge in [0, 0.05) is 15.3 Å². The number of hydrogen-bond acceptors (Lipinski definition) is 3. The maximum Gasteiger partial charge on any atom is 0.111 e. The second-order valence-electron chi connectivity index (χ2n) is 6.51. The predicted molar refractivity (Wildman–Crippen MR) is 93.4 cm³/mol. The molecule has 2 aromatic rings. The van der Waals surface area contributed by atoms with Crippen molar-refractivity contribution in [3.8, 4) is 0 Å². The lowest BCUT2D eigenvalue weighted by Gasteiger charge is -2.26. The largest absolute Gasteiger partial charge is 0.265 e. The van der Waals surface area contributed by atoms with Crippen molar-refractivity contribution in [2.75, 3.05) is 5.06 Å². The highest BCUT2D eigenvalue weighted by molar-refractivity contribution is 7.10. The molecule has 4 heteroatoms. The third kappa shape index (κ3) is 2.11. The van der Waals surface area contributed by atoms with Gasteiger partial charge in [-0.05, 0) is 41.6 Å². The van der Waals surface area contributed by atoms with Gasteiger partial charge < -0.3 is 0 Å². The van der Waals surface area contributed by atoms with E-state index in [2.05, 4.69) is 54.6 Å². The average Bonchev–Trinajstić information content (AvgIpc) is 3.15. The van der Waals surface area contributed by atoms with Crippen LogP contribution in [0.15, 0.2) is 41.8 Å². The minimum atomic E-state index is 0.0378. The van der Waals surface area contributed by atoms with E-state index in [1.807, 2.05) is 12.1 Å². The summed E-state index contributed by atoms with van der Waals surface area (Å²) in [5.41, 5.74) is 2.37. The number of halogens is 1.